The molecular formula is C13H26O5S. The van der Waals surface area contributed by atoms with Crippen molar-refractivity contribution in [1.82, 2.24) is 0 Å². The zero-order valence-corrected chi connectivity index (χ0v) is 13.4. The minimum Gasteiger partial charge on any atom is -0.382 e. The fourth-order valence-electron chi connectivity index (χ4n) is 2.36. The summed E-state index contributed by atoms with van der Waals surface area (Å²) in [5, 5.41) is 0.447. The Bertz CT molecular complexity index is 251. The van der Waals surface area contributed by atoms with Gasteiger partial charge in [-0.25, -0.2) is 0 Å². The van der Waals surface area contributed by atoms with Crippen molar-refractivity contribution in [2.75, 3.05) is 35.0 Å². The average molecular weight is 294 g/mol. The van der Waals surface area contributed by atoms with E-state index in [4.69, 9.17) is 23.7 Å². The molecule has 5 nitrogen and oxygen atoms in total. The van der Waals surface area contributed by atoms with Crippen LogP contribution < -0.4 is 0 Å². The number of hydrogen-bond acceptors (Lipinski definition) is 6. The summed E-state index contributed by atoms with van der Waals surface area (Å²) in [5.74, 6) is 0. The van der Waals surface area contributed by atoms with E-state index >= 15 is 0 Å². The minimum atomic E-state index is -0.195. The molecule has 19 heavy (non-hydrogen) atoms. The van der Waals surface area contributed by atoms with Crippen LogP contribution in [-0.4, -0.2) is 70.1 Å². The van der Waals surface area contributed by atoms with Crippen LogP contribution in [0.25, 0.3) is 0 Å². The van der Waals surface area contributed by atoms with Crippen LogP contribution >= 0.6 is 11.8 Å². The van der Waals surface area contributed by atoms with E-state index in [1.807, 2.05) is 0 Å². The zero-order chi connectivity index (χ0) is 14.4. The number of methoxy groups -OCH3 is 4. The monoisotopic (exact) mass is 294 g/mol. The molecule has 0 bridgehead atoms. The van der Waals surface area contributed by atoms with E-state index in [-0.39, 0.29) is 29.9 Å². The first-order valence-electron chi connectivity index (χ1n) is 6.47. The van der Waals surface area contributed by atoms with Crippen molar-refractivity contribution in [2.45, 2.75) is 48.9 Å². The largest absolute Gasteiger partial charge is 0.382 e. The van der Waals surface area contributed by atoms with Crippen molar-refractivity contribution in [3.05, 3.63) is 0 Å². The van der Waals surface area contributed by atoms with Crippen molar-refractivity contribution >= 4 is 11.8 Å². The third-order valence-electron chi connectivity index (χ3n) is 3.14. The Morgan fingerprint density at radius 3 is 1.95 bits per heavy atom. The molecule has 5 atom stereocenters. The normalized spacial score (nSPS) is 35.8. The highest BCUT2D eigenvalue weighted by Crippen LogP contribution is 2.34. The maximum Gasteiger partial charge on any atom is 0.132 e. The van der Waals surface area contributed by atoms with Crippen LogP contribution in [-0.2, 0) is 23.7 Å². The SMILES string of the molecule is COC[C@H]1O[C@@H](SC(C)C)[C@H](OC)[C@@H](OC)[C@H]1OC. The first-order chi connectivity index (χ1) is 9.08. The van der Waals surface area contributed by atoms with Gasteiger partial charge in [-0.3, -0.25) is 0 Å². The Morgan fingerprint density at radius 2 is 1.53 bits per heavy atom. The maximum absolute atomic E-state index is 6.08. The molecule has 6 heteroatoms. The lowest BCUT2D eigenvalue weighted by Gasteiger charge is -2.45. The molecule has 0 unspecified atom stereocenters. The van der Waals surface area contributed by atoms with Crippen molar-refractivity contribution in [1.29, 1.82) is 0 Å². The van der Waals surface area contributed by atoms with E-state index in [1.54, 1.807) is 40.2 Å². The number of hydrogen-bond donors (Lipinski definition) is 0. The zero-order valence-electron chi connectivity index (χ0n) is 12.6. The van der Waals surface area contributed by atoms with Gasteiger partial charge < -0.3 is 23.7 Å². The number of rotatable bonds is 7. The fraction of sp³-hybridized carbons (Fsp3) is 1.00. The molecular weight excluding hydrogens is 268 g/mol. The van der Waals surface area contributed by atoms with Gasteiger partial charge in [-0.2, -0.15) is 0 Å². The average Bonchev–Trinajstić information content (AvgIpc) is 2.37. The molecule has 1 aliphatic heterocycles. The van der Waals surface area contributed by atoms with Crippen LogP contribution in [0.4, 0.5) is 0 Å². The van der Waals surface area contributed by atoms with E-state index in [0.29, 0.717) is 11.9 Å². The highest BCUT2D eigenvalue weighted by molar-refractivity contribution is 8.00. The molecule has 0 aromatic rings. The van der Waals surface area contributed by atoms with Crippen molar-refractivity contribution < 1.29 is 23.7 Å². The molecule has 0 aromatic heterocycles. The quantitative estimate of drug-likeness (QED) is 0.710. The van der Waals surface area contributed by atoms with Gasteiger partial charge in [-0.05, 0) is 0 Å². The minimum absolute atomic E-state index is 0.0819. The summed E-state index contributed by atoms with van der Waals surface area (Å²) in [4.78, 5) is 0. The van der Waals surface area contributed by atoms with E-state index in [0.717, 1.165) is 0 Å². The summed E-state index contributed by atoms with van der Waals surface area (Å²) < 4.78 is 28.0. The van der Waals surface area contributed by atoms with E-state index in [2.05, 4.69) is 13.8 Å². The van der Waals surface area contributed by atoms with Gasteiger partial charge in [0.1, 0.15) is 29.9 Å². The molecule has 114 valence electrons. The van der Waals surface area contributed by atoms with Crippen LogP contribution in [0.1, 0.15) is 13.8 Å². The Hall–Kier alpha value is 0.150. The van der Waals surface area contributed by atoms with Crippen LogP contribution in [0.5, 0.6) is 0 Å². The van der Waals surface area contributed by atoms with Gasteiger partial charge in [-0.15, -0.1) is 11.8 Å². The Labute approximate surface area is 120 Å². The number of thioether (sulfide) groups is 1. The van der Waals surface area contributed by atoms with Crippen molar-refractivity contribution in [2.24, 2.45) is 0 Å². The summed E-state index contributed by atoms with van der Waals surface area (Å²) in [7, 11) is 6.67. The van der Waals surface area contributed by atoms with Crippen LogP contribution in [0, 0.1) is 0 Å². The predicted molar refractivity (Wildman–Crippen MR) is 75.7 cm³/mol. The summed E-state index contributed by atoms with van der Waals surface area (Å²) in [6, 6.07) is 0. The molecule has 0 N–H and O–H groups in total. The van der Waals surface area contributed by atoms with Gasteiger partial charge in [0.2, 0.25) is 0 Å². The molecule has 1 saturated heterocycles. The molecule has 1 fully saturated rings. The second kappa shape index (κ2) is 8.44. The maximum atomic E-state index is 6.08. The standard InChI is InChI=1S/C13H26O5S/c1-8(2)19-13-12(17-6)11(16-5)10(15-4)9(18-13)7-14-3/h8-13H,7H2,1-6H3/t9-,10+,11+,12-,13+/m1/s1. The Kier molecular flexibility index (Phi) is 7.64. The van der Waals surface area contributed by atoms with E-state index < -0.39 is 0 Å². The lowest BCUT2D eigenvalue weighted by Crippen LogP contribution is -2.59. The molecule has 0 amide bonds. The lowest BCUT2D eigenvalue weighted by molar-refractivity contribution is -0.229. The van der Waals surface area contributed by atoms with Crippen LogP contribution in [0.2, 0.25) is 0 Å². The van der Waals surface area contributed by atoms with Gasteiger partial charge in [-0.1, -0.05) is 13.8 Å². The van der Waals surface area contributed by atoms with Gasteiger partial charge >= 0.3 is 0 Å². The van der Waals surface area contributed by atoms with Crippen LogP contribution in [0.3, 0.4) is 0 Å². The summed E-state index contributed by atoms with van der Waals surface area (Å²) in [5.41, 5.74) is -0.0819. The molecule has 0 aromatic carbocycles. The first kappa shape index (κ1) is 17.2. The summed E-state index contributed by atoms with van der Waals surface area (Å²) >= 11 is 1.73. The summed E-state index contributed by atoms with van der Waals surface area (Å²) in [6.07, 6.45) is -0.669. The third-order valence-corrected chi connectivity index (χ3v) is 4.34. The molecule has 1 heterocycles. The topological polar surface area (TPSA) is 46.2 Å². The molecule has 1 rings (SSSR count). The fourth-order valence-corrected chi connectivity index (χ4v) is 3.52. The second-order valence-corrected chi connectivity index (χ2v) is 6.46. The molecule has 0 radical (unpaired) electrons. The van der Waals surface area contributed by atoms with E-state index in [9.17, 15) is 0 Å². The van der Waals surface area contributed by atoms with Crippen molar-refractivity contribution in [3.8, 4) is 0 Å². The highest BCUT2D eigenvalue weighted by atomic mass is 32.2. The van der Waals surface area contributed by atoms with Crippen LogP contribution in [0.15, 0.2) is 0 Å². The smallest absolute Gasteiger partial charge is 0.132 e. The molecule has 1 aliphatic rings. The first-order valence-corrected chi connectivity index (χ1v) is 7.41. The predicted octanol–water partition coefficient (Wildman–Crippen LogP) is 1.54. The third kappa shape index (κ3) is 4.31. The van der Waals surface area contributed by atoms with E-state index in [1.165, 1.54) is 0 Å². The summed E-state index contributed by atoms with van der Waals surface area (Å²) in [6.45, 7) is 4.75. The van der Waals surface area contributed by atoms with Gasteiger partial charge in [0, 0.05) is 33.7 Å². The molecule has 0 saturated carbocycles. The lowest BCUT2D eigenvalue weighted by atomic mass is 9.99. The van der Waals surface area contributed by atoms with Crippen molar-refractivity contribution in [3.63, 3.8) is 0 Å². The Morgan fingerprint density at radius 1 is 0.947 bits per heavy atom. The highest BCUT2D eigenvalue weighted by Gasteiger charge is 2.47. The Balaban J connectivity index is 2.88. The van der Waals surface area contributed by atoms with Gasteiger partial charge in [0.15, 0.2) is 0 Å². The molecule has 0 aliphatic carbocycles. The van der Waals surface area contributed by atoms with Gasteiger partial charge in [0.25, 0.3) is 0 Å². The number of ether oxygens (including phenoxy) is 5. The second-order valence-electron chi connectivity index (χ2n) is 4.78. The molecule has 0 spiro atoms. The van der Waals surface area contributed by atoms with Gasteiger partial charge in [0.05, 0.1) is 6.61 Å².